The lowest BCUT2D eigenvalue weighted by atomic mass is 10.1. The van der Waals surface area contributed by atoms with Crippen LogP contribution in [0.4, 0.5) is 0 Å². The molecule has 1 aliphatic carbocycles. The lowest BCUT2D eigenvalue weighted by Crippen LogP contribution is -2.51. The van der Waals surface area contributed by atoms with Crippen molar-refractivity contribution in [1.82, 2.24) is 5.32 Å². The van der Waals surface area contributed by atoms with Crippen LogP contribution >= 0.6 is 11.6 Å². The highest BCUT2D eigenvalue weighted by Gasteiger charge is 2.52. The van der Waals surface area contributed by atoms with E-state index < -0.39 is 22.5 Å². The average Bonchev–Trinajstić information content (AvgIpc) is 2.53. The predicted octanol–water partition coefficient (Wildman–Crippen LogP) is 1.30. The molecule has 4 nitrogen and oxygen atoms in total. The van der Waals surface area contributed by atoms with E-state index in [1.54, 1.807) is 12.1 Å². The van der Waals surface area contributed by atoms with Crippen LogP contribution in [0.5, 0.6) is 0 Å². The molecule has 0 unspecified atom stereocenters. The van der Waals surface area contributed by atoms with Gasteiger partial charge in [0.1, 0.15) is 0 Å². The minimum Gasteiger partial charge on any atom is -0.321 e. The molecular weight excluding hydrogens is 242 g/mol. The number of carbonyl (C=O) groups is 3. The number of Topliss-reactive ketones (excluding diaryl/α,β-unsaturated/α-hetero) is 2. The highest BCUT2D eigenvalue weighted by Crippen LogP contribution is 2.32. The molecule has 86 valence electrons. The second kappa shape index (κ2) is 3.82. The van der Waals surface area contributed by atoms with Crippen molar-refractivity contribution in [3.05, 3.63) is 48.0 Å². The van der Waals surface area contributed by atoms with Crippen molar-refractivity contribution in [2.45, 2.75) is 5.00 Å². The number of fused-ring (bicyclic) bond motifs is 1. The van der Waals surface area contributed by atoms with E-state index in [0.717, 1.165) is 6.08 Å². The first-order valence-corrected chi connectivity index (χ1v) is 5.20. The van der Waals surface area contributed by atoms with Gasteiger partial charge in [0.2, 0.25) is 22.5 Å². The maximum absolute atomic E-state index is 12.0. The van der Waals surface area contributed by atoms with E-state index in [-0.39, 0.29) is 11.1 Å². The zero-order valence-electron chi connectivity index (χ0n) is 8.70. The van der Waals surface area contributed by atoms with Gasteiger partial charge in [-0.05, 0) is 6.08 Å². The van der Waals surface area contributed by atoms with Gasteiger partial charge in [-0.15, -0.1) is 0 Å². The molecule has 0 heterocycles. The summed E-state index contributed by atoms with van der Waals surface area (Å²) in [5, 5.41) is 2.16. The van der Waals surface area contributed by atoms with Crippen LogP contribution in [-0.2, 0) is 4.79 Å². The molecule has 0 saturated heterocycles. The zero-order chi connectivity index (χ0) is 12.6. The van der Waals surface area contributed by atoms with Crippen molar-refractivity contribution in [3.8, 4) is 0 Å². The molecule has 0 bridgehead atoms. The Balaban J connectivity index is 2.48. The summed E-state index contributed by atoms with van der Waals surface area (Å²) in [6.07, 6.45) is 0.952. The normalized spacial score (nSPS) is 16.5. The maximum atomic E-state index is 12.0. The van der Waals surface area contributed by atoms with Crippen LogP contribution in [0.25, 0.3) is 0 Å². The number of benzene rings is 1. The second-order valence-corrected chi connectivity index (χ2v) is 4.12. The summed E-state index contributed by atoms with van der Waals surface area (Å²) in [6, 6.07) is 6.25. The molecule has 0 spiro atoms. The van der Waals surface area contributed by atoms with E-state index in [1.165, 1.54) is 12.1 Å². The molecule has 0 aromatic heterocycles. The van der Waals surface area contributed by atoms with Crippen LogP contribution in [0, 0.1) is 0 Å². The van der Waals surface area contributed by atoms with Gasteiger partial charge in [0.05, 0.1) is 0 Å². The summed E-state index contributed by atoms with van der Waals surface area (Å²) in [5.41, 5.74) is 0.439. The van der Waals surface area contributed by atoms with Crippen LogP contribution < -0.4 is 5.32 Å². The van der Waals surface area contributed by atoms with E-state index >= 15 is 0 Å². The molecule has 0 aliphatic heterocycles. The first-order valence-electron chi connectivity index (χ1n) is 4.83. The molecule has 5 heteroatoms. The largest absolute Gasteiger partial charge is 0.321 e. The van der Waals surface area contributed by atoms with Gasteiger partial charge in [0.25, 0.3) is 0 Å². The van der Waals surface area contributed by atoms with Crippen molar-refractivity contribution < 1.29 is 14.4 Å². The fourth-order valence-electron chi connectivity index (χ4n) is 1.69. The topological polar surface area (TPSA) is 63.2 Å². The number of hydrogen-bond donors (Lipinski definition) is 1. The van der Waals surface area contributed by atoms with Crippen LogP contribution in [0.15, 0.2) is 36.9 Å². The lowest BCUT2D eigenvalue weighted by Gasteiger charge is -2.18. The van der Waals surface area contributed by atoms with E-state index in [4.69, 9.17) is 11.6 Å². The number of carbonyl (C=O) groups excluding carboxylic acids is 3. The first-order chi connectivity index (χ1) is 8.00. The van der Waals surface area contributed by atoms with Gasteiger partial charge in [0, 0.05) is 11.1 Å². The predicted molar refractivity (Wildman–Crippen MR) is 62.0 cm³/mol. The van der Waals surface area contributed by atoms with Gasteiger partial charge < -0.3 is 5.32 Å². The third kappa shape index (κ3) is 1.57. The first kappa shape index (κ1) is 11.5. The Kier molecular flexibility index (Phi) is 2.59. The maximum Gasteiger partial charge on any atom is 0.245 e. The smallest absolute Gasteiger partial charge is 0.245 e. The fourth-order valence-corrected chi connectivity index (χ4v) is 1.98. The van der Waals surface area contributed by atoms with Gasteiger partial charge in [-0.2, -0.15) is 0 Å². The Morgan fingerprint density at radius 3 is 2.12 bits per heavy atom. The minimum atomic E-state index is -2.03. The summed E-state index contributed by atoms with van der Waals surface area (Å²) in [6.45, 7) is 3.24. The molecule has 17 heavy (non-hydrogen) atoms. The number of halogens is 1. The van der Waals surface area contributed by atoms with E-state index in [0.29, 0.717) is 0 Å². The van der Waals surface area contributed by atoms with Crippen molar-refractivity contribution in [3.63, 3.8) is 0 Å². The Labute approximate surface area is 102 Å². The van der Waals surface area contributed by atoms with E-state index in [1.807, 2.05) is 0 Å². The lowest BCUT2D eigenvalue weighted by molar-refractivity contribution is -0.117. The quantitative estimate of drug-likeness (QED) is 0.372. The molecule has 0 radical (unpaired) electrons. The molecule has 1 N–H and O–H groups in total. The van der Waals surface area contributed by atoms with Gasteiger partial charge in [-0.1, -0.05) is 42.4 Å². The third-order valence-electron chi connectivity index (χ3n) is 2.52. The molecule has 0 saturated carbocycles. The SMILES string of the molecule is C=CC(=O)NC1(Cl)C(=O)c2ccccc2C1=O. The summed E-state index contributed by atoms with van der Waals surface area (Å²) < 4.78 is 0. The third-order valence-corrected chi connectivity index (χ3v) is 2.96. The van der Waals surface area contributed by atoms with E-state index in [2.05, 4.69) is 11.9 Å². The van der Waals surface area contributed by atoms with E-state index in [9.17, 15) is 14.4 Å². The van der Waals surface area contributed by atoms with Crippen LogP contribution in [-0.4, -0.2) is 22.5 Å². The number of rotatable bonds is 2. The summed E-state index contributed by atoms with van der Waals surface area (Å²) in [4.78, 5) is 33.1. The Morgan fingerprint density at radius 2 is 1.71 bits per heavy atom. The minimum absolute atomic E-state index is 0.219. The molecular formula is C12H8ClNO3. The van der Waals surface area contributed by atoms with Crippen LogP contribution in [0.3, 0.4) is 0 Å². The number of ketones is 2. The number of nitrogens with one attached hydrogen (secondary N) is 1. The van der Waals surface area contributed by atoms with Crippen molar-refractivity contribution >= 4 is 29.1 Å². The second-order valence-electron chi connectivity index (χ2n) is 3.56. The number of amides is 1. The van der Waals surface area contributed by atoms with Gasteiger partial charge in [0.15, 0.2) is 0 Å². The van der Waals surface area contributed by atoms with Gasteiger partial charge in [-0.25, -0.2) is 0 Å². The Hall–Kier alpha value is -1.94. The monoisotopic (exact) mass is 249 g/mol. The van der Waals surface area contributed by atoms with Crippen molar-refractivity contribution in [2.24, 2.45) is 0 Å². The molecule has 1 amide bonds. The average molecular weight is 250 g/mol. The molecule has 2 rings (SSSR count). The molecule has 0 atom stereocenters. The van der Waals surface area contributed by atoms with Crippen LogP contribution in [0.2, 0.25) is 0 Å². The highest BCUT2D eigenvalue weighted by molar-refractivity contribution is 6.55. The summed E-state index contributed by atoms with van der Waals surface area (Å²) >= 11 is 5.93. The van der Waals surface area contributed by atoms with Gasteiger partial charge in [-0.3, -0.25) is 14.4 Å². The van der Waals surface area contributed by atoms with Crippen molar-refractivity contribution in [2.75, 3.05) is 0 Å². The zero-order valence-corrected chi connectivity index (χ0v) is 9.45. The standard InChI is InChI=1S/C12H8ClNO3/c1-2-9(15)14-12(13)10(16)7-5-3-4-6-8(7)11(12)17/h2-6H,1H2,(H,14,15). The molecule has 1 aliphatic rings. The highest BCUT2D eigenvalue weighted by atomic mass is 35.5. The van der Waals surface area contributed by atoms with Gasteiger partial charge >= 0.3 is 0 Å². The number of hydrogen-bond acceptors (Lipinski definition) is 3. The summed E-state index contributed by atoms with van der Waals surface area (Å²) in [5.74, 6) is -1.90. The van der Waals surface area contributed by atoms with Crippen LogP contribution in [0.1, 0.15) is 20.7 Å². The van der Waals surface area contributed by atoms with Crippen molar-refractivity contribution in [1.29, 1.82) is 0 Å². The number of alkyl halides is 1. The molecule has 1 aromatic carbocycles. The Bertz CT molecular complexity index is 515. The Morgan fingerprint density at radius 1 is 1.24 bits per heavy atom. The molecule has 0 fully saturated rings. The fraction of sp³-hybridized carbons (Fsp3) is 0.0833. The summed E-state index contributed by atoms with van der Waals surface area (Å²) in [7, 11) is 0. The molecule has 1 aromatic rings.